The number of nitro groups is 1. The fourth-order valence-corrected chi connectivity index (χ4v) is 2.00. The molecule has 0 unspecified atom stereocenters. The lowest BCUT2D eigenvalue weighted by Crippen LogP contribution is -2.09. The lowest BCUT2D eigenvalue weighted by Gasteiger charge is -2.06. The third-order valence-electron chi connectivity index (χ3n) is 2.07. The fourth-order valence-electron chi connectivity index (χ4n) is 1.26. The molecule has 1 rings (SSSR count). The topological polar surface area (TPSA) is 92.5 Å². The van der Waals surface area contributed by atoms with Gasteiger partial charge in [0.1, 0.15) is 0 Å². The standard InChI is InChI=1S/C11H14N2O4S/c1-2-11(15)12-8-5-9(13(16)17)7-10(6-8)18-4-3-14/h5-7,14H,2-4H2,1H3,(H,12,15). The average Bonchev–Trinajstić information content (AvgIpc) is 2.35. The maximum atomic E-state index is 11.3. The van der Waals surface area contributed by atoms with Gasteiger partial charge in [0, 0.05) is 34.9 Å². The summed E-state index contributed by atoms with van der Waals surface area (Å²) in [6, 6.07) is 4.39. The number of anilines is 1. The SMILES string of the molecule is CCC(=O)Nc1cc(SCCO)cc([N+](=O)[O-])c1. The molecule has 6 nitrogen and oxygen atoms in total. The van der Waals surface area contributed by atoms with Gasteiger partial charge in [-0.3, -0.25) is 14.9 Å². The van der Waals surface area contributed by atoms with Crippen LogP contribution in [-0.4, -0.2) is 28.3 Å². The lowest BCUT2D eigenvalue weighted by atomic mass is 10.2. The van der Waals surface area contributed by atoms with Gasteiger partial charge in [-0.2, -0.15) is 0 Å². The van der Waals surface area contributed by atoms with Crippen LogP contribution >= 0.6 is 11.8 Å². The Bertz CT molecular complexity index is 451. The first kappa shape index (κ1) is 14.5. The van der Waals surface area contributed by atoms with Crippen molar-refractivity contribution >= 4 is 29.0 Å². The van der Waals surface area contributed by atoms with Gasteiger partial charge in [0.15, 0.2) is 0 Å². The molecule has 98 valence electrons. The summed E-state index contributed by atoms with van der Waals surface area (Å²) >= 11 is 1.30. The molecule has 1 aromatic carbocycles. The van der Waals surface area contributed by atoms with Gasteiger partial charge < -0.3 is 10.4 Å². The average molecular weight is 270 g/mol. The summed E-state index contributed by atoms with van der Waals surface area (Å²) in [5.74, 6) is 0.246. The molecule has 0 saturated heterocycles. The Hall–Kier alpha value is -1.60. The summed E-state index contributed by atoms with van der Waals surface area (Å²) < 4.78 is 0. The number of aliphatic hydroxyl groups excluding tert-OH is 1. The monoisotopic (exact) mass is 270 g/mol. The van der Waals surface area contributed by atoms with E-state index >= 15 is 0 Å². The van der Waals surface area contributed by atoms with E-state index in [9.17, 15) is 14.9 Å². The molecule has 0 radical (unpaired) electrons. The van der Waals surface area contributed by atoms with E-state index in [1.165, 1.54) is 23.9 Å². The Balaban J connectivity index is 2.97. The van der Waals surface area contributed by atoms with E-state index in [2.05, 4.69) is 5.32 Å². The van der Waals surface area contributed by atoms with Crippen molar-refractivity contribution in [2.24, 2.45) is 0 Å². The van der Waals surface area contributed by atoms with Crippen molar-refractivity contribution in [1.82, 2.24) is 0 Å². The van der Waals surface area contributed by atoms with E-state index < -0.39 is 4.92 Å². The van der Waals surface area contributed by atoms with E-state index in [0.717, 1.165) is 0 Å². The van der Waals surface area contributed by atoms with Crippen LogP contribution in [0.1, 0.15) is 13.3 Å². The lowest BCUT2D eigenvalue weighted by molar-refractivity contribution is -0.385. The van der Waals surface area contributed by atoms with Crippen LogP contribution in [-0.2, 0) is 4.79 Å². The van der Waals surface area contributed by atoms with Crippen molar-refractivity contribution in [2.75, 3.05) is 17.7 Å². The summed E-state index contributed by atoms with van der Waals surface area (Å²) in [6.07, 6.45) is 0.307. The van der Waals surface area contributed by atoms with Gasteiger partial charge in [0.2, 0.25) is 5.91 Å². The van der Waals surface area contributed by atoms with Crippen LogP contribution in [0.4, 0.5) is 11.4 Å². The maximum absolute atomic E-state index is 11.3. The minimum absolute atomic E-state index is 0.00991. The molecular weight excluding hydrogens is 256 g/mol. The number of benzene rings is 1. The number of thioether (sulfide) groups is 1. The normalized spacial score (nSPS) is 10.1. The Labute approximate surface area is 109 Å². The van der Waals surface area contributed by atoms with Crippen molar-refractivity contribution in [3.05, 3.63) is 28.3 Å². The molecule has 0 bridgehead atoms. The molecule has 0 atom stereocenters. The van der Waals surface area contributed by atoms with Crippen LogP contribution in [0.3, 0.4) is 0 Å². The van der Waals surface area contributed by atoms with E-state index in [-0.39, 0.29) is 18.2 Å². The summed E-state index contributed by atoms with van der Waals surface area (Å²) in [6.45, 7) is 1.69. The van der Waals surface area contributed by atoms with Gasteiger partial charge in [-0.1, -0.05) is 6.92 Å². The van der Waals surface area contributed by atoms with E-state index in [1.54, 1.807) is 13.0 Å². The number of nitrogens with one attached hydrogen (secondary N) is 1. The van der Waals surface area contributed by atoms with Crippen molar-refractivity contribution in [2.45, 2.75) is 18.2 Å². The van der Waals surface area contributed by atoms with Crippen LogP contribution in [0.15, 0.2) is 23.1 Å². The smallest absolute Gasteiger partial charge is 0.272 e. The van der Waals surface area contributed by atoms with Crippen molar-refractivity contribution < 1.29 is 14.8 Å². The van der Waals surface area contributed by atoms with E-state index in [4.69, 9.17) is 5.11 Å². The Kier molecular flexibility index (Phi) is 5.60. The molecule has 0 fully saturated rings. The summed E-state index contributed by atoms with van der Waals surface area (Å²) in [5, 5.41) is 22.1. The number of non-ortho nitro benzene ring substituents is 1. The maximum Gasteiger partial charge on any atom is 0.272 e. The Morgan fingerprint density at radius 1 is 1.50 bits per heavy atom. The highest BCUT2D eigenvalue weighted by atomic mass is 32.2. The second kappa shape index (κ2) is 6.97. The summed E-state index contributed by atoms with van der Waals surface area (Å²) in [4.78, 5) is 22.2. The fraction of sp³-hybridized carbons (Fsp3) is 0.364. The highest BCUT2D eigenvalue weighted by molar-refractivity contribution is 7.99. The third kappa shape index (κ3) is 4.34. The third-order valence-corrected chi connectivity index (χ3v) is 3.02. The van der Waals surface area contributed by atoms with E-state index in [1.807, 2.05) is 0 Å². The zero-order valence-corrected chi connectivity index (χ0v) is 10.7. The van der Waals surface area contributed by atoms with Crippen molar-refractivity contribution in [1.29, 1.82) is 0 Å². The van der Waals surface area contributed by atoms with Crippen LogP contribution < -0.4 is 5.32 Å². The molecule has 0 heterocycles. The van der Waals surface area contributed by atoms with Crippen LogP contribution in [0.5, 0.6) is 0 Å². The van der Waals surface area contributed by atoms with Crippen LogP contribution in [0.25, 0.3) is 0 Å². The highest BCUT2D eigenvalue weighted by Crippen LogP contribution is 2.27. The van der Waals surface area contributed by atoms with Crippen molar-refractivity contribution in [3.8, 4) is 0 Å². The zero-order valence-electron chi connectivity index (χ0n) is 9.88. The van der Waals surface area contributed by atoms with Gasteiger partial charge >= 0.3 is 0 Å². The molecule has 0 saturated carbocycles. The molecule has 1 aromatic rings. The minimum atomic E-state index is -0.509. The molecule has 0 aliphatic rings. The molecule has 18 heavy (non-hydrogen) atoms. The molecule has 0 aliphatic carbocycles. The minimum Gasteiger partial charge on any atom is -0.396 e. The number of hydrogen-bond donors (Lipinski definition) is 2. The number of amides is 1. The predicted octanol–water partition coefficient (Wildman–Crippen LogP) is 2.03. The highest BCUT2D eigenvalue weighted by Gasteiger charge is 2.11. The van der Waals surface area contributed by atoms with Gasteiger partial charge in [-0.15, -0.1) is 11.8 Å². The Morgan fingerprint density at radius 2 is 2.22 bits per heavy atom. The number of aliphatic hydroxyl groups is 1. The van der Waals surface area contributed by atoms with E-state index in [0.29, 0.717) is 22.8 Å². The molecule has 2 N–H and O–H groups in total. The number of hydrogen-bond acceptors (Lipinski definition) is 5. The number of nitro benzene ring substituents is 1. The molecule has 1 amide bonds. The summed E-state index contributed by atoms with van der Waals surface area (Å²) in [7, 11) is 0. The van der Waals surface area contributed by atoms with Gasteiger partial charge in [-0.05, 0) is 6.07 Å². The molecular formula is C11H14N2O4S. The quantitative estimate of drug-likeness (QED) is 0.468. The van der Waals surface area contributed by atoms with Crippen LogP contribution in [0, 0.1) is 10.1 Å². The molecule has 0 aliphatic heterocycles. The zero-order chi connectivity index (χ0) is 13.5. The molecule has 0 spiro atoms. The second-order valence-corrected chi connectivity index (χ2v) is 4.61. The Morgan fingerprint density at radius 3 is 2.78 bits per heavy atom. The van der Waals surface area contributed by atoms with Gasteiger partial charge in [0.25, 0.3) is 5.69 Å². The number of rotatable bonds is 6. The molecule has 0 aromatic heterocycles. The summed E-state index contributed by atoms with van der Waals surface area (Å²) in [5.41, 5.74) is 0.320. The molecule has 7 heteroatoms. The van der Waals surface area contributed by atoms with Crippen LogP contribution in [0.2, 0.25) is 0 Å². The predicted molar refractivity (Wildman–Crippen MR) is 69.8 cm³/mol. The number of nitrogens with zero attached hydrogens (tertiary/aromatic N) is 1. The first-order chi connectivity index (χ1) is 8.56. The van der Waals surface area contributed by atoms with Gasteiger partial charge in [-0.25, -0.2) is 0 Å². The van der Waals surface area contributed by atoms with Crippen molar-refractivity contribution in [3.63, 3.8) is 0 Å². The second-order valence-electron chi connectivity index (χ2n) is 3.45. The number of carbonyl (C=O) groups excluding carboxylic acids is 1. The first-order valence-electron chi connectivity index (χ1n) is 5.39. The number of carbonyl (C=O) groups is 1. The first-order valence-corrected chi connectivity index (χ1v) is 6.38. The largest absolute Gasteiger partial charge is 0.396 e. The van der Waals surface area contributed by atoms with Gasteiger partial charge in [0.05, 0.1) is 11.5 Å².